The molecular formula is C17H22BrN3. The van der Waals surface area contributed by atoms with E-state index in [1.54, 1.807) is 0 Å². The normalized spacial score (nSPS) is 17.8. The Labute approximate surface area is 134 Å². The van der Waals surface area contributed by atoms with Crippen molar-refractivity contribution in [2.75, 3.05) is 6.54 Å². The first-order valence-corrected chi connectivity index (χ1v) is 8.57. The fourth-order valence-corrected chi connectivity index (χ4v) is 3.99. The molecule has 0 radical (unpaired) electrons. The number of nitrogens with two attached hydrogens (primary N) is 1. The van der Waals surface area contributed by atoms with E-state index in [9.17, 15) is 0 Å². The van der Waals surface area contributed by atoms with Gasteiger partial charge in [-0.15, -0.1) is 0 Å². The highest BCUT2D eigenvalue weighted by Crippen LogP contribution is 2.36. The third-order valence-corrected chi connectivity index (χ3v) is 5.30. The van der Waals surface area contributed by atoms with E-state index in [0.29, 0.717) is 18.5 Å². The summed E-state index contributed by atoms with van der Waals surface area (Å²) in [6.07, 6.45) is 10.5. The topological polar surface area (TPSA) is 43.8 Å². The molecule has 1 saturated carbocycles. The molecule has 0 spiro atoms. The van der Waals surface area contributed by atoms with Gasteiger partial charge >= 0.3 is 0 Å². The summed E-state index contributed by atoms with van der Waals surface area (Å²) in [5, 5.41) is 0. The summed E-state index contributed by atoms with van der Waals surface area (Å²) in [5.74, 6) is 0.680. The van der Waals surface area contributed by atoms with Crippen LogP contribution in [0.3, 0.4) is 0 Å². The lowest BCUT2D eigenvalue weighted by Crippen LogP contribution is -2.28. The number of hydrogen-bond donors (Lipinski definition) is 1. The molecule has 2 aromatic rings. The van der Waals surface area contributed by atoms with E-state index in [-0.39, 0.29) is 0 Å². The monoisotopic (exact) mass is 347 g/mol. The number of hydrogen-bond acceptors (Lipinski definition) is 2. The van der Waals surface area contributed by atoms with Crippen LogP contribution in [0.4, 0.5) is 0 Å². The van der Waals surface area contributed by atoms with Crippen molar-refractivity contribution in [3.05, 3.63) is 41.3 Å². The van der Waals surface area contributed by atoms with E-state index < -0.39 is 0 Å². The summed E-state index contributed by atoms with van der Waals surface area (Å²) in [6, 6.07) is 8.66. The van der Waals surface area contributed by atoms with Crippen molar-refractivity contribution in [1.29, 1.82) is 0 Å². The highest BCUT2D eigenvalue weighted by atomic mass is 79.9. The van der Waals surface area contributed by atoms with Gasteiger partial charge in [-0.25, -0.2) is 4.98 Å². The maximum atomic E-state index is 6.12. The molecule has 0 aliphatic heterocycles. The maximum absolute atomic E-state index is 6.12. The van der Waals surface area contributed by atoms with Gasteiger partial charge in [-0.3, -0.25) is 0 Å². The lowest BCUT2D eigenvalue weighted by molar-refractivity contribution is 0.255. The van der Waals surface area contributed by atoms with E-state index in [1.165, 1.54) is 37.7 Å². The minimum absolute atomic E-state index is 0.356. The van der Waals surface area contributed by atoms with Gasteiger partial charge in [0.25, 0.3) is 0 Å². The van der Waals surface area contributed by atoms with Crippen molar-refractivity contribution >= 4 is 15.9 Å². The second kappa shape index (κ2) is 6.75. The summed E-state index contributed by atoms with van der Waals surface area (Å²) in [4.78, 5) is 4.39. The van der Waals surface area contributed by atoms with Crippen molar-refractivity contribution in [2.45, 2.75) is 38.1 Å². The van der Waals surface area contributed by atoms with Crippen LogP contribution in [0.2, 0.25) is 0 Å². The fourth-order valence-electron chi connectivity index (χ4n) is 3.50. The zero-order chi connectivity index (χ0) is 14.7. The Morgan fingerprint density at radius 3 is 2.71 bits per heavy atom. The summed E-state index contributed by atoms with van der Waals surface area (Å²) < 4.78 is 3.39. The molecule has 1 aromatic carbocycles. The van der Waals surface area contributed by atoms with E-state index in [0.717, 1.165) is 10.2 Å². The first-order valence-electron chi connectivity index (χ1n) is 7.78. The molecule has 3 rings (SSSR count). The third-order valence-electron chi connectivity index (χ3n) is 4.61. The number of aromatic nitrogens is 2. The largest absolute Gasteiger partial charge is 0.328 e. The lowest BCUT2D eigenvalue weighted by Gasteiger charge is -2.31. The Bertz CT molecular complexity index is 587. The molecule has 3 nitrogen and oxygen atoms in total. The van der Waals surface area contributed by atoms with Crippen LogP contribution in [0.25, 0.3) is 11.3 Å². The van der Waals surface area contributed by atoms with Gasteiger partial charge in [0.1, 0.15) is 0 Å². The Balaban J connectivity index is 1.95. The Morgan fingerprint density at radius 2 is 2.00 bits per heavy atom. The first-order chi connectivity index (χ1) is 10.3. The summed E-state index contributed by atoms with van der Waals surface area (Å²) in [5.41, 5.74) is 8.46. The fraction of sp³-hybridized carbons (Fsp3) is 0.471. The molecule has 0 amide bonds. The molecule has 4 heteroatoms. The molecule has 1 unspecified atom stereocenters. The molecule has 1 aliphatic carbocycles. The molecule has 21 heavy (non-hydrogen) atoms. The van der Waals surface area contributed by atoms with E-state index >= 15 is 0 Å². The van der Waals surface area contributed by atoms with Gasteiger partial charge in [0.15, 0.2) is 0 Å². The van der Waals surface area contributed by atoms with Gasteiger partial charge < -0.3 is 10.3 Å². The zero-order valence-corrected chi connectivity index (χ0v) is 13.8. The number of benzene rings is 1. The molecular weight excluding hydrogens is 326 g/mol. The highest BCUT2D eigenvalue weighted by Gasteiger charge is 2.25. The Morgan fingerprint density at radius 1 is 1.24 bits per heavy atom. The van der Waals surface area contributed by atoms with Crippen LogP contribution < -0.4 is 5.73 Å². The molecule has 1 aromatic heterocycles. The molecule has 1 heterocycles. The van der Waals surface area contributed by atoms with Crippen LogP contribution in [0.5, 0.6) is 0 Å². The SMILES string of the molecule is NCC(C1CCCCC1)n1cncc1-c1ccccc1Br. The van der Waals surface area contributed by atoms with Gasteiger partial charge in [-0.2, -0.15) is 0 Å². The predicted molar refractivity (Wildman–Crippen MR) is 90.0 cm³/mol. The van der Waals surface area contributed by atoms with Crippen LogP contribution in [0, 0.1) is 5.92 Å². The molecule has 0 bridgehead atoms. The number of nitrogens with zero attached hydrogens (tertiary/aromatic N) is 2. The smallest absolute Gasteiger partial charge is 0.0954 e. The van der Waals surface area contributed by atoms with Crippen LogP contribution in [0.15, 0.2) is 41.3 Å². The van der Waals surface area contributed by atoms with Crippen molar-refractivity contribution in [1.82, 2.24) is 9.55 Å². The van der Waals surface area contributed by atoms with Crippen molar-refractivity contribution < 1.29 is 0 Å². The highest BCUT2D eigenvalue weighted by molar-refractivity contribution is 9.10. The number of rotatable bonds is 4. The van der Waals surface area contributed by atoms with Crippen molar-refractivity contribution in [3.63, 3.8) is 0 Å². The van der Waals surface area contributed by atoms with Crippen molar-refractivity contribution in [3.8, 4) is 11.3 Å². The second-order valence-electron chi connectivity index (χ2n) is 5.87. The van der Waals surface area contributed by atoms with Crippen LogP contribution in [-0.4, -0.2) is 16.1 Å². The molecule has 2 N–H and O–H groups in total. The number of imidazole rings is 1. The first kappa shape index (κ1) is 14.8. The lowest BCUT2D eigenvalue weighted by atomic mass is 9.83. The average Bonchev–Trinajstić information content (AvgIpc) is 2.99. The third kappa shape index (κ3) is 3.06. The van der Waals surface area contributed by atoms with Gasteiger partial charge in [0.05, 0.1) is 24.3 Å². The van der Waals surface area contributed by atoms with E-state index in [2.05, 4.69) is 43.7 Å². The van der Waals surface area contributed by atoms with E-state index in [4.69, 9.17) is 5.73 Å². The predicted octanol–water partition coefficient (Wildman–Crippen LogP) is 4.39. The van der Waals surface area contributed by atoms with Crippen LogP contribution in [-0.2, 0) is 0 Å². The minimum Gasteiger partial charge on any atom is -0.328 e. The Hall–Kier alpha value is -1.13. The molecule has 112 valence electrons. The summed E-state index contributed by atoms with van der Waals surface area (Å²) in [6.45, 7) is 0.679. The average molecular weight is 348 g/mol. The van der Waals surface area contributed by atoms with Gasteiger partial charge in [-0.05, 0) is 24.8 Å². The maximum Gasteiger partial charge on any atom is 0.0954 e. The van der Waals surface area contributed by atoms with Crippen LogP contribution in [0.1, 0.15) is 38.1 Å². The molecule has 0 saturated heterocycles. The van der Waals surface area contributed by atoms with E-state index in [1.807, 2.05) is 18.6 Å². The molecule has 1 fully saturated rings. The molecule has 1 atom stereocenters. The second-order valence-corrected chi connectivity index (χ2v) is 6.72. The van der Waals surface area contributed by atoms with Gasteiger partial charge in [0.2, 0.25) is 0 Å². The Kier molecular flexibility index (Phi) is 4.76. The van der Waals surface area contributed by atoms with Crippen LogP contribution >= 0.6 is 15.9 Å². The molecule has 1 aliphatic rings. The summed E-state index contributed by atoms with van der Waals surface area (Å²) >= 11 is 3.65. The minimum atomic E-state index is 0.356. The van der Waals surface area contributed by atoms with Crippen molar-refractivity contribution in [2.24, 2.45) is 11.7 Å². The van der Waals surface area contributed by atoms with Gasteiger partial charge in [0, 0.05) is 16.6 Å². The zero-order valence-electron chi connectivity index (χ0n) is 12.2. The standard InChI is InChI=1S/C17H22BrN3/c18-15-9-5-4-8-14(15)17-11-20-12-21(17)16(10-19)13-6-2-1-3-7-13/h4-5,8-9,11-13,16H,1-3,6-7,10,19H2. The summed E-state index contributed by atoms with van der Waals surface area (Å²) in [7, 11) is 0. The van der Waals surface area contributed by atoms with Gasteiger partial charge in [-0.1, -0.05) is 53.4 Å². The number of halogens is 1. The quantitative estimate of drug-likeness (QED) is 0.890.